The molecule has 19 rings (SSSR count). The molecule has 0 aliphatic heterocycles. The fourth-order valence-corrected chi connectivity index (χ4v) is 15.2. The lowest BCUT2D eigenvalue weighted by molar-refractivity contribution is 1.01. The second kappa shape index (κ2) is 17.7. The third kappa shape index (κ3) is 6.69. The summed E-state index contributed by atoms with van der Waals surface area (Å²) in [5.41, 5.74) is 19.4. The first-order valence-electron chi connectivity index (χ1n) is 29.8. The standard InChI is InChI=1S/C82H52N4/c1-83-73-21-11-9-19-66(73)69-44-54(28-36-75(69)83)56-30-38-77-71(46-56)68-35-26-49-13-3-6-16-63(49)82(68)85(77)60-33-25-51-41-50(23-24-53(51)43-60)52-27-34-62-59(42-52)32-40-79-81(62)72-47-57(55-29-37-76-70(45-55)67-20-10-12-22-74(67)84(76)2)31-39-78(72)86(79)80-48-58-14-4-5-15-61(58)64-17-7-8-18-65(64)80/h3-48H,1-2H3. The third-order valence-corrected chi connectivity index (χ3v) is 19.3. The molecule has 0 N–H and O–H groups in total. The third-order valence-electron chi connectivity index (χ3n) is 19.3. The number of hydrogen-bond acceptors (Lipinski definition) is 0. The first-order chi connectivity index (χ1) is 42.5. The van der Waals surface area contributed by atoms with E-state index >= 15 is 0 Å². The summed E-state index contributed by atoms with van der Waals surface area (Å²) >= 11 is 0. The summed E-state index contributed by atoms with van der Waals surface area (Å²) in [6.45, 7) is 0. The molecule has 4 heteroatoms. The average Bonchev–Trinajstić information content (AvgIpc) is 3.99. The van der Waals surface area contributed by atoms with Gasteiger partial charge in [-0.1, -0.05) is 182 Å². The average molecular weight is 1090 g/mol. The van der Waals surface area contributed by atoms with Crippen LogP contribution in [0.5, 0.6) is 0 Å². The fraction of sp³-hybridized carbons (Fsp3) is 0.0244. The highest BCUT2D eigenvalue weighted by Gasteiger charge is 2.22. The molecule has 0 saturated heterocycles. The number of para-hydroxylation sites is 2. The van der Waals surface area contributed by atoms with Crippen LogP contribution in [0.15, 0.2) is 279 Å². The Balaban J connectivity index is 0.746. The fourth-order valence-electron chi connectivity index (χ4n) is 15.2. The molecule has 0 unspecified atom stereocenters. The van der Waals surface area contributed by atoms with Gasteiger partial charge in [-0.2, -0.15) is 0 Å². The molecule has 4 nitrogen and oxygen atoms in total. The van der Waals surface area contributed by atoms with E-state index in [0.29, 0.717) is 0 Å². The van der Waals surface area contributed by atoms with E-state index < -0.39 is 0 Å². The smallest absolute Gasteiger partial charge is 0.0619 e. The van der Waals surface area contributed by atoms with Crippen molar-refractivity contribution in [1.29, 1.82) is 0 Å². The van der Waals surface area contributed by atoms with Crippen LogP contribution < -0.4 is 0 Å². The van der Waals surface area contributed by atoms with Gasteiger partial charge in [0.25, 0.3) is 0 Å². The van der Waals surface area contributed by atoms with Crippen LogP contribution in [0.1, 0.15) is 0 Å². The Labute approximate surface area is 494 Å². The summed E-state index contributed by atoms with van der Waals surface area (Å²) < 4.78 is 9.63. The zero-order valence-corrected chi connectivity index (χ0v) is 47.3. The Morgan fingerprint density at radius 2 is 0.628 bits per heavy atom. The largest absolute Gasteiger partial charge is 0.344 e. The van der Waals surface area contributed by atoms with Gasteiger partial charge in [0.1, 0.15) is 0 Å². The molecule has 19 aromatic rings. The van der Waals surface area contributed by atoms with Gasteiger partial charge in [-0.05, 0) is 174 Å². The Hall–Kier alpha value is -11.2. The van der Waals surface area contributed by atoms with E-state index in [9.17, 15) is 0 Å². The van der Waals surface area contributed by atoms with E-state index in [1.54, 1.807) is 0 Å². The van der Waals surface area contributed by atoms with E-state index in [2.05, 4.69) is 311 Å². The van der Waals surface area contributed by atoms with Gasteiger partial charge < -0.3 is 18.3 Å². The molecule has 0 spiro atoms. The van der Waals surface area contributed by atoms with Gasteiger partial charge in [0.05, 0.1) is 27.8 Å². The van der Waals surface area contributed by atoms with Crippen molar-refractivity contribution in [3.05, 3.63) is 279 Å². The van der Waals surface area contributed by atoms with Crippen molar-refractivity contribution >= 4 is 141 Å². The van der Waals surface area contributed by atoms with Gasteiger partial charge in [0.2, 0.25) is 0 Å². The first-order valence-corrected chi connectivity index (χ1v) is 29.8. The molecule has 0 amide bonds. The summed E-state index contributed by atoms with van der Waals surface area (Å²) in [5.74, 6) is 0. The lowest BCUT2D eigenvalue weighted by atomic mass is 9.96. The summed E-state index contributed by atoms with van der Waals surface area (Å²) in [4.78, 5) is 0. The van der Waals surface area contributed by atoms with Crippen molar-refractivity contribution in [2.24, 2.45) is 14.1 Å². The number of fused-ring (bicyclic) bond motifs is 20. The van der Waals surface area contributed by atoms with Crippen molar-refractivity contribution in [1.82, 2.24) is 18.3 Å². The van der Waals surface area contributed by atoms with Crippen LogP contribution in [0.25, 0.3) is 186 Å². The maximum absolute atomic E-state index is 2.52. The van der Waals surface area contributed by atoms with Crippen molar-refractivity contribution in [3.8, 4) is 44.8 Å². The minimum atomic E-state index is 1.15. The maximum Gasteiger partial charge on any atom is 0.0619 e. The summed E-state index contributed by atoms with van der Waals surface area (Å²) in [5, 5.41) is 22.4. The molecule has 0 fully saturated rings. The molecular weight excluding hydrogens is 1040 g/mol. The number of nitrogens with zero attached hydrogens (tertiary/aromatic N) is 4. The van der Waals surface area contributed by atoms with E-state index in [-0.39, 0.29) is 0 Å². The minimum absolute atomic E-state index is 1.15. The van der Waals surface area contributed by atoms with Crippen LogP contribution in [0.4, 0.5) is 0 Å². The topological polar surface area (TPSA) is 19.7 Å². The Morgan fingerprint density at radius 3 is 1.31 bits per heavy atom. The number of rotatable bonds is 5. The Bertz CT molecular complexity index is 6180. The summed E-state index contributed by atoms with van der Waals surface area (Å²) in [7, 11) is 4.34. The predicted octanol–water partition coefficient (Wildman–Crippen LogP) is 21.9. The molecule has 0 saturated carbocycles. The molecule has 0 atom stereocenters. The van der Waals surface area contributed by atoms with Crippen LogP contribution in [-0.2, 0) is 14.1 Å². The maximum atomic E-state index is 2.52. The highest BCUT2D eigenvalue weighted by Crippen LogP contribution is 2.45. The SMILES string of the molecule is Cn1c2ccccc2c2cc(-c3ccc4c(c3)c3c5ccc(-c6ccc7cc(-n8c9ccc(-c%10ccc%11c(c%10)c%10ccccc%10n%11C)cc9c9ccc%10ccccc%10c98)ccc7c6)cc5ccc3n4-c3cc4ccccc4c4ccccc34)ccc21. The monoisotopic (exact) mass is 1090 g/mol. The van der Waals surface area contributed by atoms with Gasteiger partial charge in [0.15, 0.2) is 0 Å². The molecular formula is C82H52N4. The van der Waals surface area contributed by atoms with E-state index in [0.717, 1.165) is 5.69 Å². The van der Waals surface area contributed by atoms with Gasteiger partial charge in [-0.25, -0.2) is 0 Å². The summed E-state index contributed by atoms with van der Waals surface area (Å²) in [6, 6.07) is 105. The molecule has 0 radical (unpaired) electrons. The second-order valence-electron chi connectivity index (χ2n) is 23.7. The number of hydrogen-bond donors (Lipinski definition) is 0. The van der Waals surface area contributed by atoms with E-state index in [1.807, 2.05) is 0 Å². The highest BCUT2D eigenvalue weighted by atomic mass is 15.0. The molecule has 0 bridgehead atoms. The van der Waals surface area contributed by atoms with E-state index in [4.69, 9.17) is 0 Å². The quantitative estimate of drug-likeness (QED) is 0.153. The van der Waals surface area contributed by atoms with Crippen LogP contribution in [0.2, 0.25) is 0 Å². The van der Waals surface area contributed by atoms with Crippen molar-refractivity contribution < 1.29 is 0 Å². The van der Waals surface area contributed by atoms with Gasteiger partial charge in [-0.15, -0.1) is 0 Å². The Kier molecular flexibility index (Phi) is 9.72. The zero-order chi connectivity index (χ0) is 56.5. The van der Waals surface area contributed by atoms with Crippen LogP contribution >= 0.6 is 0 Å². The first kappa shape index (κ1) is 47.3. The molecule has 4 heterocycles. The lowest BCUT2D eigenvalue weighted by Crippen LogP contribution is -1.96. The molecule has 0 aliphatic carbocycles. The normalized spacial score (nSPS) is 12.3. The van der Waals surface area contributed by atoms with E-state index in [1.165, 1.54) is 180 Å². The molecule has 400 valence electrons. The number of aromatic nitrogens is 4. The summed E-state index contributed by atoms with van der Waals surface area (Å²) in [6.07, 6.45) is 0. The molecule has 86 heavy (non-hydrogen) atoms. The lowest BCUT2D eigenvalue weighted by Gasteiger charge is -2.15. The molecule has 4 aromatic heterocycles. The van der Waals surface area contributed by atoms with Gasteiger partial charge in [-0.3, -0.25) is 0 Å². The van der Waals surface area contributed by atoms with Crippen LogP contribution in [0, 0.1) is 0 Å². The van der Waals surface area contributed by atoms with Crippen molar-refractivity contribution in [3.63, 3.8) is 0 Å². The number of aryl methyl sites for hydroxylation is 2. The minimum Gasteiger partial charge on any atom is -0.344 e. The molecule has 15 aromatic carbocycles. The predicted molar refractivity (Wildman–Crippen MR) is 367 cm³/mol. The van der Waals surface area contributed by atoms with Gasteiger partial charge >= 0.3 is 0 Å². The van der Waals surface area contributed by atoms with Crippen molar-refractivity contribution in [2.45, 2.75) is 0 Å². The Morgan fingerprint density at radius 1 is 0.209 bits per heavy atom. The van der Waals surface area contributed by atoms with Crippen LogP contribution in [-0.4, -0.2) is 18.3 Å². The highest BCUT2D eigenvalue weighted by molar-refractivity contribution is 6.24. The van der Waals surface area contributed by atoms with Crippen LogP contribution in [0.3, 0.4) is 0 Å². The number of benzene rings is 15. The second-order valence-corrected chi connectivity index (χ2v) is 23.7. The van der Waals surface area contributed by atoms with Crippen molar-refractivity contribution in [2.75, 3.05) is 0 Å². The molecule has 0 aliphatic rings. The van der Waals surface area contributed by atoms with Gasteiger partial charge in [0, 0.05) is 95.7 Å². The zero-order valence-electron chi connectivity index (χ0n) is 47.3.